The van der Waals surface area contributed by atoms with Gasteiger partial charge in [-0.2, -0.15) is 14.8 Å². The number of thiazole rings is 1. The number of hydrogen-bond acceptors (Lipinski definition) is 8. The molecule has 0 radical (unpaired) electrons. The van der Waals surface area contributed by atoms with Gasteiger partial charge in [0, 0.05) is 41.9 Å². The first kappa shape index (κ1) is 26.8. The summed E-state index contributed by atoms with van der Waals surface area (Å²) in [6.07, 6.45) is 0.0219. The van der Waals surface area contributed by atoms with E-state index in [9.17, 15) is 13.2 Å². The van der Waals surface area contributed by atoms with E-state index in [-0.39, 0.29) is 36.4 Å². The minimum atomic E-state index is -3.91. The van der Waals surface area contributed by atoms with Gasteiger partial charge in [0.05, 0.1) is 29.3 Å². The third-order valence-corrected chi connectivity index (χ3v) is 7.96. The quantitative estimate of drug-likeness (QED) is 0.388. The van der Waals surface area contributed by atoms with Crippen LogP contribution in [0.4, 0.5) is 5.13 Å². The van der Waals surface area contributed by atoms with Crippen molar-refractivity contribution < 1.29 is 17.9 Å². The molecule has 0 unspecified atom stereocenters. The molecule has 3 rings (SSSR count). The summed E-state index contributed by atoms with van der Waals surface area (Å²) in [5.74, 6) is 0.350. The largest absolute Gasteiger partial charge is 0.494 e. The summed E-state index contributed by atoms with van der Waals surface area (Å²) in [7, 11) is -3.91. The fourth-order valence-corrected chi connectivity index (χ4v) is 5.66. The molecular formula is C25H25N5O4S2. The second-order valence-corrected chi connectivity index (χ2v) is 10.7. The van der Waals surface area contributed by atoms with Crippen molar-refractivity contribution in [2.45, 2.75) is 31.6 Å². The molecule has 1 amide bonds. The number of benzene rings is 2. The smallest absolute Gasteiger partial charge is 0.257 e. The van der Waals surface area contributed by atoms with Gasteiger partial charge in [0.15, 0.2) is 5.13 Å². The molecule has 0 saturated carbocycles. The maximum atomic E-state index is 12.9. The van der Waals surface area contributed by atoms with Crippen LogP contribution in [0, 0.1) is 29.6 Å². The highest BCUT2D eigenvalue weighted by Crippen LogP contribution is 2.31. The SMILES string of the molecule is CCOc1ccc(-c2nc(NC(=O)c3ccc(S(=O)(=O)N(CCC#N)CCC#N)cc3)sc2C)cc1. The van der Waals surface area contributed by atoms with E-state index in [1.54, 1.807) is 0 Å². The third-order valence-electron chi connectivity index (χ3n) is 5.16. The molecule has 36 heavy (non-hydrogen) atoms. The van der Waals surface area contributed by atoms with Crippen LogP contribution in [-0.2, 0) is 10.0 Å². The van der Waals surface area contributed by atoms with E-state index in [0.717, 1.165) is 26.2 Å². The van der Waals surface area contributed by atoms with Gasteiger partial charge >= 0.3 is 0 Å². The van der Waals surface area contributed by atoms with Crippen LogP contribution < -0.4 is 10.1 Å². The Morgan fingerprint density at radius 2 is 1.67 bits per heavy atom. The van der Waals surface area contributed by atoms with Gasteiger partial charge in [-0.3, -0.25) is 10.1 Å². The van der Waals surface area contributed by atoms with Crippen LogP contribution in [0.15, 0.2) is 53.4 Å². The lowest BCUT2D eigenvalue weighted by Crippen LogP contribution is -2.32. The second-order valence-electron chi connectivity index (χ2n) is 7.58. The number of nitriles is 2. The van der Waals surface area contributed by atoms with Gasteiger partial charge in [0.1, 0.15) is 5.75 Å². The molecule has 11 heteroatoms. The van der Waals surface area contributed by atoms with Gasteiger partial charge in [0.25, 0.3) is 5.91 Å². The van der Waals surface area contributed by atoms with Crippen LogP contribution in [-0.4, -0.2) is 43.3 Å². The Labute approximate surface area is 214 Å². The fraction of sp³-hybridized carbons (Fsp3) is 0.280. The fourth-order valence-electron chi connectivity index (χ4n) is 3.39. The number of hydrogen-bond donors (Lipinski definition) is 1. The molecule has 1 N–H and O–H groups in total. The molecule has 0 aliphatic heterocycles. The van der Waals surface area contributed by atoms with Crippen molar-refractivity contribution in [1.82, 2.24) is 9.29 Å². The van der Waals surface area contributed by atoms with Gasteiger partial charge in [0.2, 0.25) is 10.0 Å². The topological polar surface area (TPSA) is 136 Å². The molecule has 0 bridgehead atoms. The normalized spacial score (nSPS) is 11.0. The Balaban J connectivity index is 1.73. The molecule has 0 saturated heterocycles. The van der Waals surface area contributed by atoms with Crippen molar-refractivity contribution in [2.75, 3.05) is 25.0 Å². The number of nitrogens with one attached hydrogen (secondary N) is 1. The van der Waals surface area contributed by atoms with E-state index in [1.807, 2.05) is 50.3 Å². The molecule has 186 valence electrons. The number of nitrogens with zero attached hydrogens (tertiary/aromatic N) is 4. The Kier molecular flexibility index (Phi) is 9.14. The zero-order valence-electron chi connectivity index (χ0n) is 19.9. The number of carbonyl (C=O) groups excluding carboxylic acids is 1. The Hall–Kier alpha value is -3.77. The lowest BCUT2D eigenvalue weighted by atomic mass is 10.1. The molecule has 3 aromatic rings. The van der Waals surface area contributed by atoms with Gasteiger partial charge in [-0.15, -0.1) is 11.3 Å². The van der Waals surface area contributed by atoms with Gasteiger partial charge < -0.3 is 4.74 Å². The maximum Gasteiger partial charge on any atom is 0.257 e. The molecule has 0 spiro atoms. The number of carbonyl (C=O) groups is 1. The van der Waals surface area contributed by atoms with E-state index >= 15 is 0 Å². The van der Waals surface area contributed by atoms with Gasteiger partial charge in [-0.25, -0.2) is 13.4 Å². The predicted octanol–water partition coefficient (Wildman–Crippen LogP) is 4.59. The average molecular weight is 524 g/mol. The molecule has 1 aromatic heterocycles. The van der Waals surface area contributed by atoms with E-state index in [4.69, 9.17) is 15.3 Å². The average Bonchev–Trinajstić information content (AvgIpc) is 3.24. The Bertz CT molecular complexity index is 1370. The zero-order chi connectivity index (χ0) is 26.1. The molecule has 0 aliphatic rings. The highest BCUT2D eigenvalue weighted by Gasteiger charge is 2.24. The monoisotopic (exact) mass is 523 g/mol. The summed E-state index contributed by atoms with van der Waals surface area (Å²) in [5.41, 5.74) is 1.93. The summed E-state index contributed by atoms with van der Waals surface area (Å²) in [6, 6.07) is 16.9. The van der Waals surface area contributed by atoms with Crippen molar-refractivity contribution in [3.63, 3.8) is 0 Å². The first-order valence-corrected chi connectivity index (χ1v) is 13.4. The van der Waals surface area contributed by atoms with Gasteiger partial charge in [-0.05, 0) is 62.4 Å². The maximum absolute atomic E-state index is 12.9. The molecule has 2 aromatic carbocycles. The Morgan fingerprint density at radius 1 is 1.06 bits per heavy atom. The van der Waals surface area contributed by atoms with Crippen LogP contribution >= 0.6 is 11.3 Å². The van der Waals surface area contributed by atoms with Crippen molar-refractivity contribution in [3.05, 3.63) is 59.0 Å². The van der Waals surface area contributed by atoms with Crippen molar-refractivity contribution in [1.29, 1.82) is 10.5 Å². The zero-order valence-corrected chi connectivity index (χ0v) is 21.5. The van der Waals surface area contributed by atoms with E-state index < -0.39 is 15.9 Å². The van der Waals surface area contributed by atoms with Crippen LogP contribution in [0.2, 0.25) is 0 Å². The van der Waals surface area contributed by atoms with E-state index in [1.165, 1.54) is 35.6 Å². The molecule has 0 atom stereocenters. The van der Waals surface area contributed by atoms with Crippen LogP contribution in [0.5, 0.6) is 5.75 Å². The summed E-state index contributed by atoms with van der Waals surface area (Å²) in [4.78, 5) is 18.2. The first-order chi connectivity index (χ1) is 17.3. The summed E-state index contributed by atoms with van der Waals surface area (Å²) in [5, 5.41) is 20.8. The molecular weight excluding hydrogens is 498 g/mol. The van der Waals surface area contributed by atoms with Crippen molar-refractivity contribution in [3.8, 4) is 29.1 Å². The van der Waals surface area contributed by atoms with Crippen LogP contribution in [0.3, 0.4) is 0 Å². The standard InChI is InChI=1S/C25H25N5O4S2/c1-3-34-21-10-6-19(7-11-21)23-18(2)35-25(28-23)29-24(31)20-8-12-22(13-9-20)36(32,33)30(16-4-14-26)17-5-15-27/h6-13H,3-5,16-17H2,1-2H3,(H,28,29,31). The summed E-state index contributed by atoms with van der Waals surface area (Å²) < 4.78 is 32.5. The highest BCUT2D eigenvalue weighted by atomic mass is 32.2. The number of aromatic nitrogens is 1. The first-order valence-electron chi connectivity index (χ1n) is 11.2. The molecule has 0 aliphatic carbocycles. The van der Waals surface area contributed by atoms with Crippen molar-refractivity contribution in [2.24, 2.45) is 0 Å². The molecule has 1 heterocycles. The number of ether oxygens (including phenoxy) is 1. The lowest BCUT2D eigenvalue weighted by molar-refractivity contribution is 0.102. The lowest BCUT2D eigenvalue weighted by Gasteiger charge is -2.20. The summed E-state index contributed by atoms with van der Waals surface area (Å²) >= 11 is 1.34. The van der Waals surface area contributed by atoms with Crippen molar-refractivity contribution >= 4 is 32.4 Å². The minimum absolute atomic E-state index is 0.0109. The van der Waals surface area contributed by atoms with Crippen LogP contribution in [0.25, 0.3) is 11.3 Å². The predicted molar refractivity (Wildman–Crippen MR) is 137 cm³/mol. The highest BCUT2D eigenvalue weighted by molar-refractivity contribution is 7.89. The minimum Gasteiger partial charge on any atom is -0.494 e. The third kappa shape index (κ3) is 6.46. The van der Waals surface area contributed by atoms with Crippen LogP contribution in [0.1, 0.15) is 35.0 Å². The van der Waals surface area contributed by atoms with E-state index in [0.29, 0.717) is 11.7 Å². The number of anilines is 1. The molecule has 9 nitrogen and oxygen atoms in total. The summed E-state index contributed by atoms with van der Waals surface area (Å²) in [6.45, 7) is 4.40. The number of sulfonamides is 1. The number of amides is 1. The Morgan fingerprint density at radius 3 is 2.22 bits per heavy atom. The molecule has 0 fully saturated rings. The number of rotatable bonds is 11. The van der Waals surface area contributed by atoms with E-state index in [2.05, 4.69) is 10.3 Å². The van der Waals surface area contributed by atoms with Gasteiger partial charge in [-0.1, -0.05) is 0 Å². The number of aryl methyl sites for hydroxylation is 1. The second kappa shape index (κ2) is 12.3.